The molecule has 4 rings (SSSR count). The fraction of sp³-hybridized carbons (Fsp3) is 0.458. The molecule has 0 radical (unpaired) electrons. The third-order valence-corrected chi connectivity index (χ3v) is 6.24. The van der Waals surface area contributed by atoms with Gasteiger partial charge in [-0.05, 0) is 94.7 Å². The Kier molecular flexibility index (Phi) is 5.77. The number of allylic oxidation sites excluding steroid dienone is 3. The van der Waals surface area contributed by atoms with E-state index in [1.54, 1.807) is 5.56 Å². The number of aliphatic imine (C=N–C) groups is 1. The van der Waals surface area contributed by atoms with Crippen molar-refractivity contribution in [3.05, 3.63) is 57.0 Å². The first-order valence-electron chi connectivity index (χ1n) is 10.4. The first-order chi connectivity index (χ1) is 13.5. The van der Waals surface area contributed by atoms with E-state index >= 15 is 0 Å². The Balaban J connectivity index is 1.48. The Labute approximate surface area is 176 Å². The van der Waals surface area contributed by atoms with Gasteiger partial charge in [-0.3, -0.25) is 0 Å². The van der Waals surface area contributed by atoms with Crippen LogP contribution in [0.2, 0.25) is 0 Å². The molecule has 0 saturated heterocycles. The van der Waals surface area contributed by atoms with E-state index < -0.39 is 0 Å². The number of ether oxygens (including phenoxy) is 1. The van der Waals surface area contributed by atoms with Crippen molar-refractivity contribution >= 4 is 32.5 Å². The minimum absolute atomic E-state index is 0.702. The highest BCUT2D eigenvalue weighted by atomic mass is 79.9. The van der Waals surface area contributed by atoms with E-state index in [2.05, 4.69) is 63.6 Å². The molecule has 0 unspecified atom stereocenters. The molecule has 1 aliphatic heterocycles. The second-order valence-electron chi connectivity index (χ2n) is 8.15. The molecular formula is C24H29BrN2O. The van der Waals surface area contributed by atoms with Crippen LogP contribution in [0.4, 0.5) is 0 Å². The number of halogens is 1. The Morgan fingerprint density at radius 1 is 1.14 bits per heavy atom. The molecule has 2 aromatic rings. The van der Waals surface area contributed by atoms with E-state index in [1.807, 2.05) is 6.92 Å². The highest BCUT2D eigenvalue weighted by molar-refractivity contribution is 9.10. The molecule has 0 N–H and O–H groups in total. The predicted octanol–water partition coefficient (Wildman–Crippen LogP) is 6.73. The summed E-state index contributed by atoms with van der Waals surface area (Å²) in [5.74, 6) is 0.814. The highest BCUT2D eigenvalue weighted by Gasteiger charge is 2.20. The Morgan fingerprint density at radius 3 is 2.82 bits per heavy atom. The summed E-state index contributed by atoms with van der Waals surface area (Å²) in [6.45, 7) is 8.03. The summed E-state index contributed by atoms with van der Waals surface area (Å²) in [5.41, 5.74) is 8.06. The summed E-state index contributed by atoms with van der Waals surface area (Å²) in [6, 6.07) is 6.71. The Hall–Kier alpha value is -1.81. The molecule has 0 bridgehead atoms. The van der Waals surface area contributed by atoms with Gasteiger partial charge in [-0.15, -0.1) is 0 Å². The van der Waals surface area contributed by atoms with Crippen molar-refractivity contribution in [3.8, 4) is 0 Å². The van der Waals surface area contributed by atoms with Gasteiger partial charge >= 0.3 is 0 Å². The first kappa shape index (κ1) is 19.5. The van der Waals surface area contributed by atoms with Crippen molar-refractivity contribution in [1.29, 1.82) is 0 Å². The van der Waals surface area contributed by atoms with E-state index in [0.29, 0.717) is 6.61 Å². The minimum Gasteiger partial charge on any atom is -0.478 e. The lowest BCUT2D eigenvalue weighted by Gasteiger charge is -2.16. The maximum absolute atomic E-state index is 6.11. The molecule has 3 nitrogen and oxygen atoms in total. The standard InChI is InChI=1S/C24H29BrN2O/c1-16-13-17(2)24(26-18(3)14-16)28-12-6-11-27-22-8-5-4-7-20(22)21-15-19(25)9-10-23(21)27/h9-10,14-15H,4-8,11-13H2,1-3H3. The average molecular weight is 441 g/mol. The maximum Gasteiger partial charge on any atom is 0.212 e. The third-order valence-electron chi connectivity index (χ3n) is 5.75. The van der Waals surface area contributed by atoms with Crippen LogP contribution in [0.1, 0.15) is 57.7 Å². The molecule has 0 fully saturated rings. The lowest BCUT2D eigenvalue weighted by atomic mass is 9.95. The van der Waals surface area contributed by atoms with Crippen LogP contribution < -0.4 is 0 Å². The van der Waals surface area contributed by atoms with Gasteiger partial charge in [0.1, 0.15) is 0 Å². The topological polar surface area (TPSA) is 26.5 Å². The molecule has 1 aromatic carbocycles. The lowest BCUT2D eigenvalue weighted by molar-refractivity contribution is 0.198. The monoisotopic (exact) mass is 440 g/mol. The van der Waals surface area contributed by atoms with Crippen molar-refractivity contribution < 1.29 is 4.74 Å². The van der Waals surface area contributed by atoms with Crippen molar-refractivity contribution in [2.75, 3.05) is 6.61 Å². The Bertz CT molecular complexity index is 994. The van der Waals surface area contributed by atoms with Gasteiger partial charge in [-0.25, -0.2) is 4.99 Å². The molecule has 1 aliphatic carbocycles. The number of hydrogen-bond donors (Lipinski definition) is 0. The number of aryl methyl sites for hydroxylation is 2. The van der Waals surface area contributed by atoms with Crippen molar-refractivity contribution in [3.63, 3.8) is 0 Å². The summed E-state index contributed by atoms with van der Waals surface area (Å²) in [7, 11) is 0. The molecule has 2 heterocycles. The molecule has 148 valence electrons. The molecule has 0 atom stereocenters. The highest BCUT2D eigenvalue weighted by Crippen LogP contribution is 2.34. The van der Waals surface area contributed by atoms with E-state index in [9.17, 15) is 0 Å². The van der Waals surface area contributed by atoms with Crippen LogP contribution in [0.25, 0.3) is 10.9 Å². The zero-order valence-electron chi connectivity index (χ0n) is 17.1. The second-order valence-corrected chi connectivity index (χ2v) is 9.07. The van der Waals surface area contributed by atoms with Crippen LogP contribution in [0, 0.1) is 0 Å². The zero-order chi connectivity index (χ0) is 19.7. The zero-order valence-corrected chi connectivity index (χ0v) is 18.7. The van der Waals surface area contributed by atoms with E-state index in [4.69, 9.17) is 4.74 Å². The molecule has 4 heteroatoms. The summed E-state index contributed by atoms with van der Waals surface area (Å²) in [5, 5.41) is 1.43. The number of rotatable bonds is 5. The third kappa shape index (κ3) is 3.98. The van der Waals surface area contributed by atoms with Crippen molar-refractivity contribution in [1.82, 2.24) is 4.57 Å². The van der Waals surface area contributed by atoms with Crippen LogP contribution in [-0.2, 0) is 24.1 Å². The van der Waals surface area contributed by atoms with Crippen LogP contribution >= 0.6 is 15.9 Å². The van der Waals surface area contributed by atoms with Crippen LogP contribution in [-0.4, -0.2) is 16.9 Å². The van der Waals surface area contributed by atoms with Crippen LogP contribution in [0.3, 0.4) is 0 Å². The maximum atomic E-state index is 6.11. The number of aromatic nitrogens is 1. The van der Waals surface area contributed by atoms with Gasteiger partial charge in [0.05, 0.1) is 6.61 Å². The van der Waals surface area contributed by atoms with Gasteiger partial charge in [-0.1, -0.05) is 21.5 Å². The van der Waals surface area contributed by atoms with Gasteiger partial charge in [0, 0.05) is 33.3 Å². The van der Waals surface area contributed by atoms with E-state index in [-0.39, 0.29) is 0 Å². The second kappa shape index (κ2) is 8.28. The van der Waals surface area contributed by atoms with Crippen LogP contribution in [0.5, 0.6) is 0 Å². The molecule has 28 heavy (non-hydrogen) atoms. The summed E-state index contributed by atoms with van der Waals surface area (Å²) < 4.78 is 9.81. The lowest BCUT2D eigenvalue weighted by Crippen LogP contribution is -2.10. The summed E-state index contributed by atoms with van der Waals surface area (Å²) in [6.07, 6.45) is 9.09. The smallest absolute Gasteiger partial charge is 0.212 e. The van der Waals surface area contributed by atoms with Crippen molar-refractivity contribution in [2.45, 2.75) is 65.8 Å². The molecule has 1 aromatic heterocycles. The van der Waals surface area contributed by atoms with Crippen molar-refractivity contribution in [2.24, 2.45) is 4.99 Å². The minimum atomic E-state index is 0.702. The van der Waals surface area contributed by atoms with E-state index in [0.717, 1.165) is 31.0 Å². The molecule has 2 aliphatic rings. The number of nitrogens with zero attached hydrogens (tertiary/aromatic N) is 2. The summed E-state index contributed by atoms with van der Waals surface area (Å²) >= 11 is 3.65. The number of hydrogen-bond acceptors (Lipinski definition) is 2. The summed E-state index contributed by atoms with van der Waals surface area (Å²) in [4.78, 5) is 4.66. The number of fused-ring (bicyclic) bond motifs is 3. The largest absolute Gasteiger partial charge is 0.478 e. The Morgan fingerprint density at radius 2 is 1.96 bits per heavy atom. The average Bonchev–Trinajstić information content (AvgIpc) is 2.90. The molecule has 0 spiro atoms. The molecular weight excluding hydrogens is 412 g/mol. The fourth-order valence-electron chi connectivity index (χ4n) is 4.60. The van der Waals surface area contributed by atoms with Gasteiger partial charge in [-0.2, -0.15) is 0 Å². The molecule has 0 saturated carbocycles. The predicted molar refractivity (Wildman–Crippen MR) is 121 cm³/mol. The molecule has 0 amide bonds. The number of benzene rings is 1. The first-order valence-corrected chi connectivity index (χ1v) is 11.2. The van der Waals surface area contributed by atoms with E-state index in [1.165, 1.54) is 57.9 Å². The normalized spacial score (nSPS) is 17.3. The van der Waals surface area contributed by atoms with Gasteiger partial charge in [0.25, 0.3) is 0 Å². The van der Waals surface area contributed by atoms with Crippen LogP contribution in [0.15, 0.2) is 50.8 Å². The quantitative estimate of drug-likeness (QED) is 0.473. The SMILES string of the molecule is CC1=CC(C)=NC(OCCCn2c3c(c4cc(Br)ccc42)CCCC3)=C(C)C1. The fourth-order valence-corrected chi connectivity index (χ4v) is 4.96. The van der Waals surface area contributed by atoms with Gasteiger partial charge in [0.2, 0.25) is 5.88 Å². The van der Waals surface area contributed by atoms with Gasteiger partial charge < -0.3 is 9.30 Å². The van der Waals surface area contributed by atoms with Gasteiger partial charge in [0.15, 0.2) is 0 Å².